The number of carboxylic acids is 1. The Morgan fingerprint density at radius 1 is 0.962 bits per heavy atom. The lowest BCUT2D eigenvalue weighted by molar-refractivity contribution is -0.145. The van der Waals surface area contributed by atoms with E-state index in [0.717, 1.165) is 16.5 Å². The van der Waals surface area contributed by atoms with Crippen molar-refractivity contribution >= 4 is 22.8 Å². The van der Waals surface area contributed by atoms with Gasteiger partial charge in [0.15, 0.2) is 0 Å². The first kappa shape index (κ1) is 16.4. The summed E-state index contributed by atoms with van der Waals surface area (Å²) in [6, 6.07) is 16.9. The molecule has 1 saturated heterocycles. The van der Waals surface area contributed by atoms with E-state index < -0.39 is 11.4 Å². The third-order valence-corrected chi connectivity index (χ3v) is 5.46. The molecule has 0 radical (unpaired) electrons. The maximum Gasteiger partial charge on any atom is 0.314 e. The largest absolute Gasteiger partial charge is 0.481 e. The highest BCUT2D eigenvalue weighted by atomic mass is 16.4. The fraction of sp³-hybridized carbons (Fsp3) is 0.238. The van der Waals surface area contributed by atoms with Crippen LogP contribution in [-0.4, -0.2) is 40.0 Å². The Hall–Kier alpha value is -3.08. The van der Waals surface area contributed by atoms with E-state index in [2.05, 4.69) is 4.98 Å². The van der Waals surface area contributed by atoms with Crippen molar-refractivity contribution in [3.05, 3.63) is 71.9 Å². The van der Waals surface area contributed by atoms with Gasteiger partial charge in [0.05, 0.1) is 16.5 Å². The Labute approximate surface area is 151 Å². The number of H-pyrrole nitrogens is 1. The van der Waals surface area contributed by atoms with Crippen LogP contribution in [0, 0.1) is 0 Å². The zero-order chi connectivity index (χ0) is 18.1. The van der Waals surface area contributed by atoms with E-state index in [9.17, 15) is 14.7 Å². The van der Waals surface area contributed by atoms with Gasteiger partial charge >= 0.3 is 5.97 Å². The molecule has 2 aromatic carbocycles. The van der Waals surface area contributed by atoms with Crippen LogP contribution < -0.4 is 0 Å². The van der Waals surface area contributed by atoms with Gasteiger partial charge < -0.3 is 15.0 Å². The van der Waals surface area contributed by atoms with Gasteiger partial charge in [-0.25, -0.2) is 0 Å². The van der Waals surface area contributed by atoms with Crippen molar-refractivity contribution in [2.75, 3.05) is 13.1 Å². The first-order valence-corrected chi connectivity index (χ1v) is 8.76. The summed E-state index contributed by atoms with van der Waals surface area (Å²) in [7, 11) is 0. The van der Waals surface area contributed by atoms with E-state index in [0.29, 0.717) is 31.5 Å². The lowest BCUT2D eigenvalue weighted by Crippen LogP contribution is -2.49. The van der Waals surface area contributed by atoms with Gasteiger partial charge in [0.2, 0.25) is 0 Å². The molecule has 1 aromatic heterocycles. The molecule has 0 saturated carbocycles. The summed E-state index contributed by atoms with van der Waals surface area (Å²) in [6.07, 6.45) is 2.65. The van der Waals surface area contributed by atoms with Crippen molar-refractivity contribution in [1.29, 1.82) is 0 Å². The molecule has 0 aliphatic carbocycles. The number of rotatable bonds is 3. The van der Waals surface area contributed by atoms with Crippen LogP contribution in [0.1, 0.15) is 28.8 Å². The Kier molecular flexibility index (Phi) is 3.99. The monoisotopic (exact) mass is 348 g/mol. The molecule has 0 spiro atoms. The number of benzene rings is 2. The number of amides is 1. The maximum absolute atomic E-state index is 13.0. The highest BCUT2D eigenvalue weighted by Crippen LogP contribution is 2.36. The number of nitrogens with one attached hydrogen (secondary N) is 1. The van der Waals surface area contributed by atoms with Crippen molar-refractivity contribution in [1.82, 2.24) is 9.88 Å². The minimum absolute atomic E-state index is 0.0508. The van der Waals surface area contributed by atoms with Crippen molar-refractivity contribution in [3.8, 4) is 0 Å². The van der Waals surface area contributed by atoms with Crippen LogP contribution >= 0.6 is 0 Å². The summed E-state index contributed by atoms with van der Waals surface area (Å²) in [5, 5.41) is 10.9. The van der Waals surface area contributed by atoms with Gasteiger partial charge in [-0.15, -0.1) is 0 Å². The Morgan fingerprint density at radius 2 is 1.69 bits per heavy atom. The van der Waals surface area contributed by atoms with Gasteiger partial charge in [-0.05, 0) is 30.5 Å². The molecule has 1 fully saturated rings. The molecule has 5 heteroatoms. The summed E-state index contributed by atoms with van der Waals surface area (Å²) in [5.74, 6) is -0.868. The quantitative estimate of drug-likeness (QED) is 0.762. The van der Waals surface area contributed by atoms with Crippen molar-refractivity contribution < 1.29 is 14.7 Å². The molecule has 1 aliphatic heterocycles. The molecule has 1 amide bonds. The first-order valence-electron chi connectivity index (χ1n) is 8.76. The molecule has 5 nitrogen and oxygen atoms in total. The lowest BCUT2D eigenvalue weighted by atomic mass is 9.72. The summed E-state index contributed by atoms with van der Waals surface area (Å²) < 4.78 is 0. The summed E-state index contributed by atoms with van der Waals surface area (Å²) in [5.41, 5.74) is 1.35. The van der Waals surface area contributed by atoms with E-state index in [4.69, 9.17) is 0 Å². The third-order valence-electron chi connectivity index (χ3n) is 5.46. The number of likely N-dealkylation sites (tertiary alicyclic amines) is 1. The van der Waals surface area contributed by atoms with Gasteiger partial charge in [0.25, 0.3) is 5.91 Å². The van der Waals surface area contributed by atoms with Gasteiger partial charge in [-0.2, -0.15) is 0 Å². The average Bonchev–Trinajstić information content (AvgIpc) is 3.17. The summed E-state index contributed by atoms with van der Waals surface area (Å²) >= 11 is 0. The predicted molar refractivity (Wildman–Crippen MR) is 99.2 cm³/mol. The molecule has 132 valence electrons. The summed E-state index contributed by atoms with van der Waals surface area (Å²) in [6.45, 7) is 0.855. The standard InChI is InChI=1S/C21H20N2O3/c24-19(17-8-4-5-15-9-12-22-18(15)17)23-13-10-21(11-14-23,20(25)26)16-6-2-1-3-7-16/h1-9,12,22H,10-11,13-14H2,(H,25,26). The molecule has 0 unspecified atom stereocenters. The normalized spacial score (nSPS) is 16.5. The molecule has 0 bridgehead atoms. The zero-order valence-electron chi connectivity index (χ0n) is 14.3. The summed E-state index contributed by atoms with van der Waals surface area (Å²) in [4.78, 5) is 29.9. The Bertz CT molecular complexity index is 954. The predicted octanol–water partition coefficient (Wildman–Crippen LogP) is 3.43. The number of carbonyl (C=O) groups is 2. The van der Waals surface area contributed by atoms with Gasteiger partial charge in [0, 0.05) is 24.7 Å². The van der Waals surface area contributed by atoms with Crippen LogP contribution in [0.25, 0.3) is 10.9 Å². The van der Waals surface area contributed by atoms with Crippen LogP contribution in [0.2, 0.25) is 0 Å². The molecule has 1 aliphatic rings. The highest BCUT2D eigenvalue weighted by molar-refractivity contribution is 6.05. The third kappa shape index (κ3) is 2.56. The molecule has 0 atom stereocenters. The Balaban J connectivity index is 1.59. The number of piperidine rings is 1. The van der Waals surface area contributed by atoms with E-state index in [-0.39, 0.29) is 5.91 Å². The fourth-order valence-corrected chi connectivity index (χ4v) is 3.91. The first-order chi connectivity index (χ1) is 12.6. The van der Waals surface area contributed by atoms with Gasteiger partial charge in [-0.3, -0.25) is 9.59 Å². The molecule has 2 heterocycles. The second kappa shape index (κ2) is 6.33. The number of aliphatic carboxylic acids is 1. The zero-order valence-corrected chi connectivity index (χ0v) is 14.3. The lowest BCUT2D eigenvalue weighted by Gasteiger charge is -2.39. The Morgan fingerprint density at radius 3 is 2.38 bits per heavy atom. The number of nitrogens with zero attached hydrogens (tertiary/aromatic N) is 1. The minimum Gasteiger partial charge on any atom is -0.481 e. The topological polar surface area (TPSA) is 73.4 Å². The number of carbonyl (C=O) groups excluding carboxylic acids is 1. The number of aromatic nitrogens is 1. The van der Waals surface area contributed by atoms with Crippen LogP contribution in [0.3, 0.4) is 0 Å². The molecule has 3 aromatic rings. The van der Waals surface area contributed by atoms with Crippen molar-refractivity contribution in [2.45, 2.75) is 18.3 Å². The van der Waals surface area contributed by atoms with Crippen molar-refractivity contribution in [3.63, 3.8) is 0 Å². The fourth-order valence-electron chi connectivity index (χ4n) is 3.91. The average molecular weight is 348 g/mol. The molecular formula is C21H20N2O3. The molecule has 2 N–H and O–H groups in total. The van der Waals surface area contributed by atoms with Crippen LogP contribution in [0.15, 0.2) is 60.8 Å². The number of hydrogen-bond donors (Lipinski definition) is 2. The van der Waals surface area contributed by atoms with E-state index in [1.807, 2.05) is 60.8 Å². The molecular weight excluding hydrogens is 328 g/mol. The smallest absolute Gasteiger partial charge is 0.314 e. The van der Waals surface area contributed by atoms with Crippen molar-refractivity contribution in [2.24, 2.45) is 0 Å². The maximum atomic E-state index is 13.0. The second-order valence-electron chi connectivity index (χ2n) is 6.79. The SMILES string of the molecule is O=C(c1cccc2cc[nH]c12)N1CCC(C(=O)O)(c2ccccc2)CC1. The van der Waals surface area contributed by atoms with Crippen LogP contribution in [0.4, 0.5) is 0 Å². The minimum atomic E-state index is -0.920. The molecule has 4 rings (SSSR count). The highest BCUT2D eigenvalue weighted by Gasteiger charge is 2.44. The number of carboxylic acid groups (broad SMARTS) is 1. The van der Waals surface area contributed by atoms with Crippen LogP contribution in [-0.2, 0) is 10.2 Å². The number of para-hydroxylation sites is 1. The van der Waals surface area contributed by atoms with E-state index in [1.54, 1.807) is 4.90 Å². The van der Waals surface area contributed by atoms with E-state index in [1.165, 1.54) is 0 Å². The van der Waals surface area contributed by atoms with Gasteiger partial charge in [-0.1, -0.05) is 42.5 Å². The molecule has 26 heavy (non-hydrogen) atoms. The van der Waals surface area contributed by atoms with E-state index >= 15 is 0 Å². The second-order valence-corrected chi connectivity index (χ2v) is 6.79. The number of aromatic amines is 1. The van der Waals surface area contributed by atoms with Crippen LogP contribution in [0.5, 0.6) is 0 Å². The number of hydrogen-bond acceptors (Lipinski definition) is 2. The number of fused-ring (bicyclic) bond motifs is 1. The van der Waals surface area contributed by atoms with Gasteiger partial charge in [0.1, 0.15) is 0 Å².